The van der Waals surface area contributed by atoms with E-state index in [0.717, 1.165) is 48.1 Å². The van der Waals surface area contributed by atoms with Crippen LogP contribution in [0.25, 0.3) is 0 Å². The molecule has 1 saturated heterocycles. The van der Waals surface area contributed by atoms with Crippen molar-refractivity contribution in [3.05, 3.63) is 33.8 Å². The molecule has 1 aliphatic heterocycles. The first kappa shape index (κ1) is 15.1. The van der Waals surface area contributed by atoms with Gasteiger partial charge in [0, 0.05) is 47.3 Å². The van der Waals surface area contributed by atoms with Crippen LogP contribution in [-0.4, -0.2) is 30.1 Å². The molecule has 4 heteroatoms. The molecule has 106 valence electrons. The Kier molecular flexibility index (Phi) is 5.52. The SMILES string of the molecule is CCC1CN(Cc2c(Cl)cccc2Cl)C(CC)CN1. The topological polar surface area (TPSA) is 15.3 Å². The molecule has 0 saturated carbocycles. The highest BCUT2D eigenvalue weighted by molar-refractivity contribution is 6.35. The fraction of sp³-hybridized carbons (Fsp3) is 0.600. The monoisotopic (exact) mass is 300 g/mol. The van der Waals surface area contributed by atoms with Crippen LogP contribution in [0.1, 0.15) is 32.3 Å². The summed E-state index contributed by atoms with van der Waals surface area (Å²) in [6.07, 6.45) is 2.30. The Morgan fingerprint density at radius 2 is 1.89 bits per heavy atom. The van der Waals surface area contributed by atoms with Gasteiger partial charge in [-0.3, -0.25) is 4.90 Å². The zero-order valence-corrected chi connectivity index (χ0v) is 13.1. The van der Waals surface area contributed by atoms with E-state index in [9.17, 15) is 0 Å². The molecule has 1 aromatic rings. The third-order valence-electron chi connectivity index (χ3n) is 4.00. The summed E-state index contributed by atoms with van der Waals surface area (Å²) < 4.78 is 0. The van der Waals surface area contributed by atoms with Gasteiger partial charge in [0.05, 0.1) is 0 Å². The normalized spacial score (nSPS) is 24.6. The van der Waals surface area contributed by atoms with E-state index in [4.69, 9.17) is 23.2 Å². The standard InChI is InChI=1S/C15H22Cl2N2/c1-3-11-9-19(12(4-2)8-18-11)10-13-14(16)6-5-7-15(13)17/h5-7,11-12,18H,3-4,8-10H2,1-2H3. The van der Waals surface area contributed by atoms with E-state index in [1.165, 1.54) is 0 Å². The van der Waals surface area contributed by atoms with Gasteiger partial charge in [0.25, 0.3) is 0 Å². The second-order valence-corrected chi connectivity index (χ2v) is 6.02. The van der Waals surface area contributed by atoms with E-state index in [-0.39, 0.29) is 0 Å². The van der Waals surface area contributed by atoms with Gasteiger partial charge in [0.1, 0.15) is 0 Å². The van der Waals surface area contributed by atoms with Crippen LogP contribution in [-0.2, 0) is 6.54 Å². The molecule has 1 N–H and O–H groups in total. The summed E-state index contributed by atoms with van der Waals surface area (Å²) in [7, 11) is 0. The summed E-state index contributed by atoms with van der Waals surface area (Å²) in [4.78, 5) is 2.51. The fourth-order valence-corrected chi connectivity index (χ4v) is 3.20. The average Bonchev–Trinajstić information content (AvgIpc) is 2.42. The number of piperazine rings is 1. The first-order chi connectivity index (χ1) is 9.15. The molecule has 0 spiro atoms. The van der Waals surface area contributed by atoms with Crippen molar-refractivity contribution in [1.29, 1.82) is 0 Å². The largest absolute Gasteiger partial charge is 0.311 e. The number of rotatable bonds is 4. The van der Waals surface area contributed by atoms with Gasteiger partial charge in [-0.15, -0.1) is 0 Å². The van der Waals surface area contributed by atoms with Crippen LogP contribution >= 0.6 is 23.2 Å². The van der Waals surface area contributed by atoms with Crippen molar-refractivity contribution < 1.29 is 0 Å². The Morgan fingerprint density at radius 1 is 1.21 bits per heavy atom. The number of nitrogens with one attached hydrogen (secondary N) is 1. The van der Waals surface area contributed by atoms with Crippen molar-refractivity contribution >= 4 is 23.2 Å². The Labute approximate surface area is 126 Å². The molecule has 1 heterocycles. The van der Waals surface area contributed by atoms with Crippen LogP contribution in [0, 0.1) is 0 Å². The maximum atomic E-state index is 6.28. The molecule has 0 amide bonds. The molecule has 19 heavy (non-hydrogen) atoms. The third-order valence-corrected chi connectivity index (χ3v) is 4.71. The highest BCUT2D eigenvalue weighted by atomic mass is 35.5. The van der Waals surface area contributed by atoms with Crippen molar-refractivity contribution in [1.82, 2.24) is 10.2 Å². The summed E-state index contributed by atoms with van der Waals surface area (Å²) in [5, 5.41) is 5.15. The molecule has 1 aliphatic rings. The minimum atomic E-state index is 0.565. The molecule has 0 aliphatic carbocycles. The van der Waals surface area contributed by atoms with Gasteiger partial charge in [-0.05, 0) is 25.0 Å². The first-order valence-corrected chi connectivity index (χ1v) is 7.81. The average molecular weight is 301 g/mol. The van der Waals surface area contributed by atoms with Gasteiger partial charge in [-0.1, -0.05) is 43.1 Å². The summed E-state index contributed by atoms with van der Waals surface area (Å²) >= 11 is 12.6. The Hall–Kier alpha value is -0.280. The number of hydrogen-bond donors (Lipinski definition) is 1. The van der Waals surface area contributed by atoms with Gasteiger partial charge >= 0.3 is 0 Å². The lowest BCUT2D eigenvalue weighted by Crippen LogP contribution is -2.55. The lowest BCUT2D eigenvalue weighted by atomic mass is 10.0. The van der Waals surface area contributed by atoms with Crippen molar-refractivity contribution in [3.8, 4) is 0 Å². The molecule has 1 aromatic carbocycles. The van der Waals surface area contributed by atoms with Gasteiger partial charge < -0.3 is 5.32 Å². The molecule has 2 nitrogen and oxygen atoms in total. The van der Waals surface area contributed by atoms with E-state index in [0.29, 0.717) is 12.1 Å². The third kappa shape index (κ3) is 3.63. The van der Waals surface area contributed by atoms with E-state index < -0.39 is 0 Å². The van der Waals surface area contributed by atoms with E-state index >= 15 is 0 Å². The minimum absolute atomic E-state index is 0.565. The summed E-state index contributed by atoms with van der Waals surface area (Å²) in [6.45, 7) is 7.42. The van der Waals surface area contributed by atoms with Crippen LogP contribution in [0.2, 0.25) is 10.0 Å². The zero-order valence-electron chi connectivity index (χ0n) is 11.6. The van der Waals surface area contributed by atoms with Crippen LogP contribution in [0.4, 0.5) is 0 Å². The first-order valence-electron chi connectivity index (χ1n) is 7.06. The number of hydrogen-bond acceptors (Lipinski definition) is 2. The Balaban J connectivity index is 2.14. The second kappa shape index (κ2) is 6.94. The molecule has 2 unspecified atom stereocenters. The van der Waals surface area contributed by atoms with E-state index in [2.05, 4.69) is 24.1 Å². The summed E-state index contributed by atoms with van der Waals surface area (Å²) in [5.74, 6) is 0. The molecule has 1 fully saturated rings. The number of benzene rings is 1. The van der Waals surface area contributed by atoms with Gasteiger partial charge in [0.2, 0.25) is 0 Å². The maximum Gasteiger partial charge on any atom is 0.0465 e. The van der Waals surface area contributed by atoms with Crippen LogP contribution in [0.5, 0.6) is 0 Å². The Morgan fingerprint density at radius 3 is 2.47 bits per heavy atom. The molecule has 0 radical (unpaired) electrons. The number of nitrogens with zero attached hydrogens (tertiary/aromatic N) is 1. The quantitative estimate of drug-likeness (QED) is 0.905. The van der Waals surface area contributed by atoms with E-state index in [1.54, 1.807) is 0 Å². The Bertz CT molecular complexity index is 402. The molecular formula is C15H22Cl2N2. The van der Waals surface area contributed by atoms with E-state index in [1.807, 2.05) is 18.2 Å². The minimum Gasteiger partial charge on any atom is -0.311 e. The van der Waals surface area contributed by atoms with Crippen LogP contribution < -0.4 is 5.32 Å². The van der Waals surface area contributed by atoms with Gasteiger partial charge in [0.15, 0.2) is 0 Å². The molecular weight excluding hydrogens is 279 g/mol. The van der Waals surface area contributed by atoms with Crippen molar-refractivity contribution in [2.24, 2.45) is 0 Å². The smallest absolute Gasteiger partial charge is 0.0465 e. The van der Waals surface area contributed by atoms with Crippen molar-refractivity contribution in [2.75, 3.05) is 13.1 Å². The van der Waals surface area contributed by atoms with Crippen LogP contribution in [0.3, 0.4) is 0 Å². The van der Waals surface area contributed by atoms with Crippen LogP contribution in [0.15, 0.2) is 18.2 Å². The van der Waals surface area contributed by atoms with Gasteiger partial charge in [-0.2, -0.15) is 0 Å². The lowest BCUT2D eigenvalue weighted by Gasteiger charge is -2.40. The lowest BCUT2D eigenvalue weighted by molar-refractivity contribution is 0.117. The fourth-order valence-electron chi connectivity index (χ4n) is 2.68. The van der Waals surface area contributed by atoms with Crippen molar-refractivity contribution in [3.63, 3.8) is 0 Å². The second-order valence-electron chi connectivity index (χ2n) is 5.21. The maximum absolute atomic E-state index is 6.28. The molecule has 0 bridgehead atoms. The van der Waals surface area contributed by atoms with Gasteiger partial charge in [-0.25, -0.2) is 0 Å². The van der Waals surface area contributed by atoms with Crippen molar-refractivity contribution in [2.45, 2.75) is 45.3 Å². The number of halogens is 2. The summed E-state index contributed by atoms with van der Waals surface area (Å²) in [6, 6.07) is 6.88. The zero-order chi connectivity index (χ0) is 13.8. The predicted octanol–water partition coefficient (Wildman–Crippen LogP) is 3.96. The molecule has 2 rings (SSSR count). The molecule has 2 atom stereocenters. The highest BCUT2D eigenvalue weighted by Crippen LogP contribution is 2.27. The molecule has 0 aromatic heterocycles. The predicted molar refractivity (Wildman–Crippen MR) is 83.0 cm³/mol. The highest BCUT2D eigenvalue weighted by Gasteiger charge is 2.26. The summed E-state index contributed by atoms with van der Waals surface area (Å²) in [5.41, 5.74) is 1.06.